The second-order valence-corrected chi connectivity index (χ2v) is 4.99. The predicted molar refractivity (Wildman–Crippen MR) is 71.3 cm³/mol. The molecule has 0 saturated heterocycles. The van der Waals surface area contributed by atoms with E-state index in [4.69, 9.17) is 23.2 Å². The minimum Gasteiger partial charge on any atom is -0.319 e. The van der Waals surface area contributed by atoms with Crippen molar-refractivity contribution in [3.8, 4) is 0 Å². The molecular formula is C11H8Cl2N2OS. The van der Waals surface area contributed by atoms with E-state index in [1.807, 2.05) is 12.3 Å². The standard InChI is InChI=1S/C11H8Cl2N2OS/c1-6-5-17-11(14-6)10(16)15-8-4-2-3-7(12)9(8)13/h2-5H,1H3,(H,15,16). The van der Waals surface area contributed by atoms with Gasteiger partial charge in [0.1, 0.15) is 0 Å². The zero-order valence-electron chi connectivity index (χ0n) is 8.83. The van der Waals surface area contributed by atoms with E-state index >= 15 is 0 Å². The molecule has 1 heterocycles. The molecule has 6 heteroatoms. The Labute approximate surface area is 112 Å². The van der Waals surface area contributed by atoms with Crippen molar-refractivity contribution < 1.29 is 4.79 Å². The second-order valence-electron chi connectivity index (χ2n) is 3.35. The molecule has 1 amide bonds. The van der Waals surface area contributed by atoms with E-state index < -0.39 is 0 Å². The Kier molecular flexibility index (Phi) is 3.66. The van der Waals surface area contributed by atoms with Crippen molar-refractivity contribution in [3.63, 3.8) is 0 Å². The fraction of sp³-hybridized carbons (Fsp3) is 0.0909. The number of thiazole rings is 1. The van der Waals surface area contributed by atoms with E-state index in [9.17, 15) is 4.79 Å². The number of carbonyl (C=O) groups excluding carboxylic acids is 1. The van der Waals surface area contributed by atoms with Crippen LogP contribution in [-0.4, -0.2) is 10.9 Å². The topological polar surface area (TPSA) is 42.0 Å². The van der Waals surface area contributed by atoms with Crippen molar-refractivity contribution in [2.24, 2.45) is 0 Å². The van der Waals surface area contributed by atoms with Gasteiger partial charge in [0.15, 0.2) is 5.01 Å². The molecule has 3 nitrogen and oxygen atoms in total. The lowest BCUT2D eigenvalue weighted by molar-refractivity contribution is 0.102. The number of carbonyl (C=O) groups is 1. The van der Waals surface area contributed by atoms with Crippen molar-refractivity contribution in [2.45, 2.75) is 6.92 Å². The molecule has 0 aliphatic heterocycles. The van der Waals surface area contributed by atoms with Crippen LogP contribution in [0.2, 0.25) is 10.0 Å². The van der Waals surface area contributed by atoms with Crippen LogP contribution in [0.3, 0.4) is 0 Å². The molecule has 0 saturated carbocycles. The number of nitrogens with zero attached hydrogens (tertiary/aromatic N) is 1. The summed E-state index contributed by atoms with van der Waals surface area (Å²) in [6.07, 6.45) is 0. The van der Waals surface area contributed by atoms with Crippen LogP contribution in [0.4, 0.5) is 5.69 Å². The van der Waals surface area contributed by atoms with Gasteiger partial charge in [-0.3, -0.25) is 4.79 Å². The molecule has 0 fully saturated rings. The first-order valence-corrected chi connectivity index (χ1v) is 6.39. The molecule has 1 aromatic heterocycles. The molecule has 1 aromatic carbocycles. The van der Waals surface area contributed by atoms with Crippen molar-refractivity contribution >= 4 is 46.1 Å². The SMILES string of the molecule is Cc1csc(C(=O)Nc2cccc(Cl)c2Cl)n1. The molecule has 0 spiro atoms. The predicted octanol–water partition coefficient (Wildman–Crippen LogP) is 4.01. The van der Waals surface area contributed by atoms with Crippen LogP contribution >= 0.6 is 34.5 Å². The highest BCUT2D eigenvalue weighted by Gasteiger charge is 2.12. The Morgan fingerprint density at radius 2 is 2.18 bits per heavy atom. The highest BCUT2D eigenvalue weighted by Crippen LogP contribution is 2.29. The van der Waals surface area contributed by atoms with Crippen LogP contribution in [0.15, 0.2) is 23.6 Å². The van der Waals surface area contributed by atoms with Crippen LogP contribution in [0, 0.1) is 6.92 Å². The zero-order valence-corrected chi connectivity index (χ0v) is 11.2. The largest absolute Gasteiger partial charge is 0.319 e. The lowest BCUT2D eigenvalue weighted by Gasteiger charge is -2.06. The maximum Gasteiger partial charge on any atom is 0.284 e. The summed E-state index contributed by atoms with van der Waals surface area (Å²) in [6, 6.07) is 5.07. The molecule has 0 aliphatic rings. The molecule has 0 radical (unpaired) electrons. The molecule has 0 atom stereocenters. The van der Waals surface area contributed by atoms with Crippen molar-refractivity contribution in [2.75, 3.05) is 5.32 Å². The van der Waals surface area contributed by atoms with E-state index in [1.54, 1.807) is 18.2 Å². The fourth-order valence-corrected chi connectivity index (χ4v) is 2.27. The number of rotatable bonds is 2. The first-order chi connectivity index (χ1) is 8.08. The average Bonchev–Trinajstić information content (AvgIpc) is 2.72. The van der Waals surface area contributed by atoms with Crippen molar-refractivity contribution in [1.82, 2.24) is 4.98 Å². The Bertz CT molecular complexity index is 568. The number of benzene rings is 1. The fourth-order valence-electron chi connectivity index (χ4n) is 1.23. The van der Waals surface area contributed by atoms with Gasteiger partial charge in [-0.1, -0.05) is 29.3 Å². The molecule has 1 N–H and O–H groups in total. The Balaban J connectivity index is 2.21. The quantitative estimate of drug-likeness (QED) is 0.906. The third-order valence-corrected chi connectivity index (χ3v) is 3.79. The van der Waals surface area contributed by atoms with E-state index in [2.05, 4.69) is 10.3 Å². The summed E-state index contributed by atoms with van der Waals surface area (Å²) >= 11 is 13.1. The summed E-state index contributed by atoms with van der Waals surface area (Å²) in [7, 11) is 0. The van der Waals surface area contributed by atoms with Gasteiger partial charge in [0.25, 0.3) is 5.91 Å². The summed E-state index contributed by atoms with van der Waals surface area (Å²) in [5.41, 5.74) is 1.30. The highest BCUT2D eigenvalue weighted by atomic mass is 35.5. The van der Waals surface area contributed by atoms with Gasteiger partial charge in [0.05, 0.1) is 15.7 Å². The maximum absolute atomic E-state index is 11.8. The molecule has 88 valence electrons. The van der Waals surface area contributed by atoms with Crippen molar-refractivity contribution in [1.29, 1.82) is 0 Å². The highest BCUT2D eigenvalue weighted by molar-refractivity contribution is 7.11. The maximum atomic E-state index is 11.8. The summed E-state index contributed by atoms with van der Waals surface area (Å²) in [5.74, 6) is -0.285. The lowest BCUT2D eigenvalue weighted by Crippen LogP contribution is -2.11. The summed E-state index contributed by atoms with van der Waals surface area (Å²) in [6.45, 7) is 1.83. The molecule has 0 unspecified atom stereocenters. The second kappa shape index (κ2) is 5.04. The number of aromatic nitrogens is 1. The van der Waals surface area contributed by atoms with Gasteiger partial charge in [-0.2, -0.15) is 0 Å². The van der Waals surface area contributed by atoms with Gasteiger partial charge in [-0.15, -0.1) is 11.3 Å². The van der Waals surface area contributed by atoms with Gasteiger partial charge < -0.3 is 5.32 Å². The van der Waals surface area contributed by atoms with Crippen molar-refractivity contribution in [3.05, 3.63) is 44.3 Å². The van der Waals surface area contributed by atoms with Crippen LogP contribution < -0.4 is 5.32 Å². The van der Waals surface area contributed by atoms with Gasteiger partial charge in [-0.25, -0.2) is 4.98 Å². The number of hydrogen-bond acceptors (Lipinski definition) is 3. The zero-order chi connectivity index (χ0) is 12.4. The van der Waals surface area contributed by atoms with Gasteiger partial charge >= 0.3 is 0 Å². The van der Waals surface area contributed by atoms with Gasteiger partial charge in [-0.05, 0) is 19.1 Å². The Morgan fingerprint density at radius 3 is 2.82 bits per heavy atom. The Morgan fingerprint density at radius 1 is 1.41 bits per heavy atom. The van der Waals surface area contributed by atoms with Crippen LogP contribution in [0.5, 0.6) is 0 Å². The van der Waals surface area contributed by atoms with Crippen LogP contribution in [-0.2, 0) is 0 Å². The smallest absolute Gasteiger partial charge is 0.284 e. The molecule has 0 aliphatic carbocycles. The number of halogens is 2. The van der Waals surface area contributed by atoms with E-state index in [0.29, 0.717) is 20.7 Å². The molecule has 2 rings (SSSR count). The Hall–Kier alpha value is -1.10. The minimum absolute atomic E-state index is 0.285. The van der Waals surface area contributed by atoms with Gasteiger partial charge in [0, 0.05) is 11.1 Å². The number of amides is 1. The third kappa shape index (κ3) is 2.77. The normalized spacial score (nSPS) is 10.3. The van der Waals surface area contributed by atoms with E-state index in [1.165, 1.54) is 11.3 Å². The monoisotopic (exact) mass is 286 g/mol. The minimum atomic E-state index is -0.285. The number of nitrogens with one attached hydrogen (secondary N) is 1. The third-order valence-electron chi connectivity index (χ3n) is 2.01. The molecule has 0 bridgehead atoms. The molecule has 17 heavy (non-hydrogen) atoms. The summed E-state index contributed by atoms with van der Waals surface area (Å²) < 4.78 is 0. The van der Waals surface area contributed by atoms with E-state index in [0.717, 1.165) is 5.69 Å². The van der Waals surface area contributed by atoms with Crippen LogP contribution in [0.25, 0.3) is 0 Å². The number of hydrogen-bond donors (Lipinski definition) is 1. The van der Waals surface area contributed by atoms with Crippen LogP contribution in [0.1, 0.15) is 15.5 Å². The summed E-state index contributed by atoms with van der Waals surface area (Å²) in [5, 5.41) is 5.62. The first-order valence-electron chi connectivity index (χ1n) is 4.75. The van der Waals surface area contributed by atoms with E-state index in [-0.39, 0.29) is 5.91 Å². The summed E-state index contributed by atoms with van der Waals surface area (Å²) in [4.78, 5) is 15.9. The average molecular weight is 287 g/mol. The number of anilines is 1. The first kappa shape index (κ1) is 12.4. The molecular weight excluding hydrogens is 279 g/mol. The van der Waals surface area contributed by atoms with Gasteiger partial charge in [0.2, 0.25) is 0 Å². The molecule has 2 aromatic rings. The number of aryl methyl sites for hydroxylation is 1. The lowest BCUT2D eigenvalue weighted by atomic mass is 10.3.